The highest BCUT2D eigenvalue weighted by atomic mass is 16.5. The number of carbonyl (C=O) groups excluding carboxylic acids is 2. The molecule has 174 valence electrons. The molecule has 0 bridgehead atoms. The minimum absolute atomic E-state index is 0.00819. The molecule has 1 unspecified atom stereocenters. The third kappa shape index (κ3) is 5.15. The van der Waals surface area contributed by atoms with Crippen LogP contribution >= 0.6 is 0 Å². The van der Waals surface area contributed by atoms with Crippen molar-refractivity contribution in [2.45, 2.75) is 58.8 Å². The van der Waals surface area contributed by atoms with Crippen LogP contribution in [0.2, 0.25) is 0 Å². The van der Waals surface area contributed by atoms with Gasteiger partial charge in [0.25, 0.3) is 5.91 Å². The Kier molecular flexibility index (Phi) is 7.51. The normalized spacial score (nSPS) is 19.3. The molecule has 2 aliphatic rings. The van der Waals surface area contributed by atoms with Gasteiger partial charge in [-0.1, -0.05) is 56.7 Å². The van der Waals surface area contributed by atoms with Gasteiger partial charge in [-0.3, -0.25) is 9.59 Å². The Morgan fingerprint density at radius 3 is 2.79 bits per heavy atom. The molecule has 7 heteroatoms. The highest BCUT2D eigenvalue weighted by Crippen LogP contribution is 2.34. The summed E-state index contributed by atoms with van der Waals surface area (Å²) in [5.74, 6) is -0.532. The summed E-state index contributed by atoms with van der Waals surface area (Å²) in [6.07, 6.45) is 3.58. The standard InChI is InChI=1S/C26H32BNO5/c1-3-8-22(18(2)26(30)32-16-19-9-5-4-6-10-19)24-11-7-14-28(24)25(29)20-12-13-21-17-33-27(31)23(21)15-20/h4-6,9-10,12-13,15,18,22,24,31H,3,7-8,11,14,16-17H2,1-2H3/t18?,22-,24+/m1/s1. The molecule has 4 rings (SSSR count). The molecule has 1 fully saturated rings. The van der Waals surface area contributed by atoms with Gasteiger partial charge >= 0.3 is 13.1 Å². The van der Waals surface area contributed by atoms with Gasteiger partial charge in [0.05, 0.1) is 12.5 Å². The van der Waals surface area contributed by atoms with E-state index in [4.69, 9.17) is 9.39 Å². The van der Waals surface area contributed by atoms with Gasteiger partial charge in [-0.2, -0.15) is 0 Å². The third-order valence-corrected chi connectivity index (χ3v) is 6.97. The Bertz CT molecular complexity index is 982. The van der Waals surface area contributed by atoms with Crippen LogP contribution in [-0.2, 0) is 27.4 Å². The average molecular weight is 449 g/mol. The number of rotatable bonds is 8. The van der Waals surface area contributed by atoms with Crippen LogP contribution < -0.4 is 5.46 Å². The first-order valence-corrected chi connectivity index (χ1v) is 11.9. The smallest absolute Gasteiger partial charge is 0.461 e. The van der Waals surface area contributed by atoms with Gasteiger partial charge in [0.1, 0.15) is 6.61 Å². The molecule has 2 aliphatic heterocycles. The summed E-state index contributed by atoms with van der Waals surface area (Å²) in [4.78, 5) is 28.3. The van der Waals surface area contributed by atoms with Crippen molar-refractivity contribution in [3.05, 3.63) is 65.2 Å². The summed E-state index contributed by atoms with van der Waals surface area (Å²) in [6, 6.07) is 15.1. The van der Waals surface area contributed by atoms with Gasteiger partial charge in [0.2, 0.25) is 0 Å². The molecule has 2 aromatic carbocycles. The molecule has 33 heavy (non-hydrogen) atoms. The van der Waals surface area contributed by atoms with Crippen molar-refractivity contribution in [1.82, 2.24) is 4.90 Å². The summed E-state index contributed by atoms with van der Waals surface area (Å²) in [5, 5.41) is 10.0. The highest BCUT2D eigenvalue weighted by Gasteiger charge is 2.40. The first-order chi connectivity index (χ1) is 16.0. The van der Waals surface area contributed by atoms with E-state index in [0.717, 1.165) is 36.8 Å². The molecule has 1 saturated heterocycles. The van der Waals surface area contributed by atoms with Crippen molar-refractivity contribution in [2.24, 2.45) is 11.8 Å². The van der Waals surface area contributed by atoms with Crippen LogP contribution in [0.1, 0.15) is 61.0 Å². The first kappa shape index (κ1) is 23.5. The number of likely N-dealkylation sites (tertiary alicyclic amines) is 1. The third-order valence-electron chi connectivity index (χ3n) is 6.97. The van der Waals surface area contributed by atoms with Crippen LogP contribution in [-0.4, -0.2) is 41.5 Å². The largest absolute Gasteiger partial charge is 0.491 e. The van der Waals surface area contributed by atoms with E-state index in [0.29, 0.717) is 24.2 Å². The van der Waals surface area contributed by atoms with E-state index in [1.165, 1.54) is 0 Å². The van der Waals surface area contributed by atoms with Crippen molar-refractivity contribution in [2.75, 3.05) is 6.54 Å². The predicted octanol–water partition coefficient (Wildman–Crippen LogP) is 3.30. The minimum atomic E-state index is -0.977. The topological polar surface area (TPSA) is 76.1 Å². The molecular formula is C26H32BNO5. The van der Waals surface area contributed by atoms with Crippen molar-refractivity contribution in [3.8, 4) is 0 Å². The quantitative estimate of drug-likeness (QED) is 0.495. The lowest BCUT2D eigenvalue weighted by molar-refractivity contribution is -0.152. The number of nitrogens with zero attached hydrogens (tertiary/aromatic N) is 1. The van der Waals surface area contributed by atoms with Gasteiger partial charge < -0.3 is 19.3 Å². The van der Waals surface area contributed by atoms with Crippen LogP contribution in [0, 0.1) is 11.8 Å². The fraction of sp³-hybridized carbons (Fsp3) is 0.462. The highest BCUT2D eigenvalue weighted by molar-refractivity contribution is 6.61. The number of esters is 1. The fourth-order valence-corrected chi connectivity index (χ4v) is 5.15. The lowest BCUT2D eigenvalue weighted by Crippen LogP contribution is -2.44. The molecule has 6 nitrogen and oxygen atoms in total. The average Bonchev–Trinajstić information content (AvgIpc) is 3.47. The van der Waals surface area contributed by atoms with Crippen molar-refractivity contribution in [3.63, 3.8) is 0 Å². The summed E-state index contributed by atoms with van der Waals surface area (Å²) in [6.45, 7) is 5.33. The molecule has 0 radical (unpaired) electrons. The van der Waals surface area contributed by atoms with Crippen molar-refractivity contribution < 1.29 is 24.0 Å². The second-order valence-electron chi connectivity index (χ2n) is 9.12. The first-order valence-electron chi connectivity index (χ1n) is 11.9. The zero-order chi connectivity index (χ0) is 23.4. The lowest BCUT2D eigenvalue weighted by atomic mass is 9.78. The number of ether oxygens (including phenoxy) is 1. The molecule has 0 aliphatic carbocycles. The maximum Gasteiger partial charge on any atom is 0.491 e. The van der Waals surface area contributed by atoms with Gasteiger partial charge in [-0.25, -0.2) is 0 Å². The Hall–Kier alpha value is -2.64. The maximum absolute atomic E-state index is 13.5. The van der Waals surface area contributed by atoms with E-state index in [9.17, 15) is 14.6 Å². The molecule has 2 heterocycles. The van der Waals surface area contributed by atoms with E-state index in [1.807, 2.05) is 54.3 Å². The molecule has 0 spiro atoms. The summed E-state index contributed by atoms with van der Waals surface area (Å²) >= 11 is 0. The Morgan fingerprint density at radius 1 is 1.24 bits per heavy atom. The van der Waals surface area contributed by atoms with E-state index in [-0.39, 0.29) is 36.4 Å². The number of amides is 1. The van der Waals surface area contributed by atoms with Crippen molar-refractivity contribution in [1.29, 1.82) is 0 Å². The summed E-state index contributed by atoms with van der Waals surface area (Å²) < 4.78 is 10.9. The van der Waals surface area contributed by atoms with E-state index in [2.05, 4.69) is 6.92 Å². The zero-order valence-corrected chi connectivity index (χ0v) is 19.4. The van der Waals surface area contributed by atoms with Crippen LogP contribution in [0.15, 0.2) is 48.5 Å². The molecule has 0 saturated carbocycles. The second kappa shape index (κ2) is 10.5. The van der Waals surface area contributed by atoms with Gasteiger partial charge in [0.15, 0.2) is 0 Å². The van der Waals surface area contributed by atoms with Crippen LogP contribution in [0.25, 0.3) is 0 Å². The van der Waals surface area contributed by atoms with Gasteiger partial charge in [-0.05, 0) is 53.9 Å². The Labute approximate surface area is 196 Å². The monoisotopic (exact) mass is 449 g/mol. The summed E-state index contributed by atoms with van der Waals surface area (Å²) in [7, 11) is -0.977. The van der Waals surface area contributed by atoms with E-state index >= 15 is 0 Å². The van der Waals surface area contributed by atoms with Crippen molar-refractivity contribution >= 4 is 24.5 Å². The number of fused-ring (bicyclic) bond motifs is 1. The van der Waals surface area contributed by atoms with Crippen LogP contribution in [0.5, 0.6) is 0 Å². The Morgan fingerprint density at radius 2 is 2.03 bits per heavy atom. The number of benzene rings is 2. The molecule has 0 aromatic heterocycles. The number of hydrogen-bond acceptors (Lipinski definition) is 5. The van der Waals surface area contributed by atoms with Crippen LogP contribution in [0.4, 0.5) is 0 Å². The van der Waals surface area contributed by atoms with E-state index < -0.39 is 7.12 Å². The molecular weight excluding hydrogens is 417 g/mol. The molecule has 1 amide bonds. The van der Waals surface area contributed by atoms with Gasteiger partial charge in [0, 0.05) is 18.2 Å². The number of carbonyl (C=O) groups is 2. The molecule has 1 N–H and O–H groups in total. The number of hydrogen-bond donors (Lipinski definition) is 1. The second-order valence-corrected chi connectivity index (χ2v) is 9.12. The Balaban J connectivity index is 1.47. The van der Waals surface area contributed by atoms with E-state index in [1.54, 1.807) is 6.07 Å². The fourth-order valence-electron chi connectivity index (χ4n) is 5.15. The SMILES string of the molecule is CCC[C@H](C(C)C(=O)OCc1ccccc1)[C@@H]1CCCN1C(=O)c1ccc2c(c1)B(O)OC2. The predicted molar refractivity (Wildman–Crippen MR) is 127 cm³/mol. The summed E-state index contributed by atoms with van der Waals surface area (Å²) in [5.41, 5.74) is 3.10. The lowest BCUT2D eigenvalue weighted by Gasteiger charge is -2.34. The maximum atomic E-state index is 13.5. The zero-order valence-electron chi connectivity index (χ0n) is 19.4. The molecule has 2 aromatic rings. The molecule has 3 atom stereocenters. The van der Waals surface area contributed by atoms with Crippen LogP contribution in [0.3, 0.4) is 0 Å². The van der Waals surface area contributed by atoms with Gasteiger partial charge in [-0.15, -0.1) is 0 Å². The minimum Gasteiger partial charge on any atom is -0.461 e.